The molecule has 26 heavy (non-hydrogen) atoms. The molecule has 1 fully saturated rings. The number of hydrogen-bond donors (Lipinski definition) is 0. The molecule has 0 aliphatic carbocycles. The third kappa shape index (κ3) is 5.10. The van der Waals surface area contributed by atoms with Crippen LogP contribution in [0.25, 0.3) is 0 Å². The van der Waals surface area contributed by atoms with Gasteiger partial charge in [-0.3, -0.25) is 4.79 Å². The molecule has 1 unspecified atom stereocenters. The zero-order valence-electron chi connectivity index (χ0n) is 15.7. The number of benzene rings is 2. The molecular formula is C23H29NO2. The standard InChI is InChI=1S/C23H29NO2/c1-2-22(23(25)24-16-8-3-4-9-17-24)26-21-14-12-20(13-15-21)18-19-10-6-5-7-11-19/h5-7,10-15,22H,2-4,8-9,16-18H2,1H3. The highest BCUT2D eigenvalue weighted by Crippen LogP contribution is 2.19. The summed E-state index contributed by atoms with van der Waals surface area (Å²) in [5.41, 5.74) is 2.54. The van der Waals surface area contributed by atoms with Crippen molar-refractivity contribution in [2.75, 3.05) is 13.1 Å². The highest BCUT2D eigenvalue weighted by molar-refractivity contribution is 5.81. The molecule has 1 amide bonds. The van der Waals surface area contributed by atoms with E-state index in [2.05, 4.69) is 36.4 Å². The minimum Gasteiger partial charge on any atom is -0.481 e. The second-order valence-electron chi connectivity index (χ2n) is 7.06. The molecule has 0 bridgehead atoms. The Hall–Kier alpha value is -2.29. The van der Waals surface area contributed by atoms with E-state index in [1.807, 2.05) is 30.0 Å². The van der Waals surface area contributed by atoms with Gasteiger partial charge in [0.2, 0.25) is 0 Å². The van der Waals surface area contributed by atoms with Crippen molar-refractivity contribution in [1.82, 2.24) is 4.90 Å². The molecule has 138 valence electrons. The molecule has 1 aliphatic rings. The number of nitrogens with zero attached hydrogens (tertiary/aromatic N) is 1. The largest absolute Gasteiger partial charge is 0.481 e. The van der Waals surface area contributed by atoms with Crippen molar-refractivity contribution < 1.29 is 9.53 Å². The van der Waals surface area contributed by atoms with Gasteiger partial charge in [0.05, 0.1) is 0 Å². The summed E-state index contributed by atoms with van der Waals surface area (Å²) in [6, 6.07) is 18.6. The van der Waals surface area contributed by atoms with Crippen LogP contribution in [0.1, 0.15) is 50.2 Å². The molecule has 0 aromatic heterocycles. The van der Waals surface area contributed by atoms with Gasteiger partial charge in [-0.15, -0.1) is 0 Å². The van der Waals surface area contributed by atoms with Crippen molar-refractivity contribution in [1.29, 1.82) is 0 Å². The Kier molecular flexibility index (Phi) is 6.70. The Morgan fingerprint density at radius 1 is 0.923 bits per heavy atom. The van der Waals surface area contributed by atoms with Crippen LogP contribution < -0.4 is 4.74 Å². The monoisotopic (exact) mass is 351 g/mol. The smallest absolute Gasteiger partial charge is 0.263 e. The van der Waals surface area contributed by atoms with Crippen molar-refractivity contribution in [3.8, 4) is 5.75 Å². The summed E-state index contributed by atoms with van der Waals surface area (Å²) in [6.07, 6.45) is 5.89. The van der Waals surface area contributed by atoms with E-state index in [4.69, 9.17) is 4.74 Å². The van der Waals surface area contributed by atoms with Gasteiger partial charge in [-0.2, -0.15) is 0 Å². The van der Waals surface area contributed by atoms with Crippen molar-refractivity contribution in [2.45, 2.75) is 51.6 Å². The van der Waals surface area contributed by atoms with Gasteiger partial charge in [-0.25, -0.2) is 0 Å². The predicted octanol–water partition coefficient (Wildman–Crippen LogP) is 4.84. The Bertz CT molecular complexity index is 673. The molecule has 2 aromatic carbocycles. The normalized spacial score (nSPS) is 16.0. The lowest BCUT2D eigenvalue weighted by atomic mass is 10.1. The molecule has 1 saturated heterocycles. The average molecular weight is 351 g/mol. The highest BCUT2D eigenvalue weighted by Gasteiger charge is 2.25. The lowest BCUT2D eigenvalue weighted by Crippen LogP contribution is -2.42. The Morgan fingerprint density at radius 2 is 1.54 bits per heavy atom. The molecule has 0 N–H and O–H groups in total. The Balaban J connectivity index is 1.60. The summed E-state index contributed by atoms with van der Waals surface area (Å²) in [4.78, 5) is 14.8. The minimum atomic E-state index is -0.381. The number of carbonyl (C=O) groups excluding carboxylic acids is 1. The van der Waals surface area contributed by atoms with E-state index >= 15 is 0 Å². The fourth-order valence-corrected chi connectivity index (χ4v) is 3.48. The predicted molar refractivity (Wildman–Crippen MR) is 105 cm³/mol. The van der Waals surface area contributed by atoms with Gasteiger partial charge >= 0.3 is 0 Å². The van der Waals surface area contributed by atoms with Crippen LogP contribution in [0.3, 0.4) is 0 Å². The number of carbonyl (C=O) groups is 1. The van der Waals surface area contributed by atoms with Crippen LogP contribution in [0.4, 0.5) is 0 Å². The highest BCUT2D eigenvalue weighted by atomic mass is 16.5. The zero-order chi connectivity index (χ0) is 18.2. The second kappa shape index (κ2) is 9.42. The first-order chi connectivity index (χ1) is 12.8. The maximum absolute atomic E-state index is 12.8. The lowest BCUT2D eigenvalue weighted by Gasteiger charge is -2.26. The SMILES string of the molecule is CCC(Oc1ccc(Cc2ccccc2)cc1)C(=O)N1CCCCCC1. The first kappa shape index (κ1) is 18.5. The molecule has 1 heterocycles. The van der Waals surface area contributed by atoms with Gasteiger partial charge in [0.1, 0.15) is 5.75 Å². The maximum Gasteiger partial charge on any atom is 0.263 e. The summed E-state index contributed by atoms with van der Waals surface area (Å²) in [5, 5.41) is 0. The third-order valence-corrected chi connectivity index (χ3v) is 5.02. The number of ether oxygens (including phenoxy) is 1. The summed E-state index contributed by atoms with van der Waals surface area (Å²) < 4.78 is 6.03. The summed E-state index contributed by atoms with van der Waals surface area (Å²) in [6.45, 7) is 3.76. The summed E-state index contributed by atoms with van der Waals surface area (Å²) >= 11 is 0. The van der Waals surface area contributed by atoms with E-state index in [0.29, 0.717) is 6.42 Å². The van der Waals surface area contributed by atoms with Crippen molar-refractivity contribution >= 4 is 5.91 Å². The molecule has 3 nitrogen and oxygen atoms in total. The Labute approximate surface area is 157 Å². The zero-order valence-corrected chi connectivity index (χ0v) is 15.7. The van der Waals surface area contributed by atoms with E-state index in [1.54, 1.807) is 0 Å². The Morgan fingerprint density at radius 3 is 2.15 bits per heavy atom. The van der Waals surface area contributed by atoms with E-state index in [1.165, 1.54) is 24.0 Å². The molecular weight excluding hydrogens is 322 g/mol. The first-order valence-electron chi connectivity index (χ1n) is 9.84. The van der Waals surface area contributed by atoms with Crippen LogP contribution >= 0.6 is 0 Å². The second-order valence-corrected chi connectivity index (χ2v) is 7.06. The van der Waals surface area contributed by atoms with Gasteiger partial charge in [0.25, 0.3) is 5.91 Å². The lowest BCUT2D eigenvalue weighted by molar-refractivity contribution is -0.138. The van der Waals surface area contributed by atoms with Gasteiger partial charge in [0, 0.05) is 13.1 Å². The quantitative estimate of drug-likeness (QED) is 0.745. The number of hydrogen-bond acceptors (Lipinski definition) is 2. The molecule has 1 aliphatic heterocycles. The molecule has 1 atom stereocenters. The van der Waals surface area contributed by atoms with Crippen LogP contribution in [0, 0.1) is 0 Å². The molecule has 0 spiro atoms. The van der Waals surface area contributed by atoms with Crippen LogP contribution in [0.15, 0.2) is 54.6 Å². The van der Waals surface area contributed by atoms with E-state index in [-0.39, 0.29) is 12.0 Å². The van der Waals surface area contributed by atoms with E-state index < -0.39 is 0 Å². The maximum atomic E-state index is 12.8. The van der Waals surface area contributed by atoms with Crippen molar-refractivity contribution in [3.05, 3.63) is 65.7 Å². The minimum absolute atomic E-state index is 0.141. The average Bonchev–Trinajstić information content (AvgIpc) is 2.97. The van der Waals surface area contributed by atoms with Crippen LogP contribution in [-0.2, 0) is 11.2 Å². The fraction of sp³-hybridized carbons (Fsp3) is 0.435. The van der Waals surface area contributed by atoms with Gasteiger partial charge in [-0.1, -0.05) is 62.2 Å². The number of rotatable bonds is 6. The van der Waals surface area contributed by atoms with Crippen LogP contribution in [0.5, 0.6) is 5.75 Å². The number of amides is 1. The molecule has 2 aromatic rings. The molecule has 3 rings (SSSR count). The topological polar surface area (TPSA) is 29.5 Å². The third-order valence-electron chi connectivity index (χ3n) is 5.02. The summed E-state index contributed by atoms with van der Waals surface area (Å²) in [7, 11) is 0. The van der Waals surface area contributed by atoms with Gasteiger partial charge in [-0.05, 0) is 48.9 Å². The first-order valence-corrected chi connectivity index (χ1v) is 9.84. The van der Waals surface area contributed by atoms with Gasteiger partial charge in [0.15, 0.2) is 6.10 Å². The molecule has 0 saturated carbocycles. The van der Waals surface area contributed by atoms with Crippen LogP contribution in [0.2, 0.25) is 0 Å². The van der Waals surface area contributed by atoms with E-state index in [9.17, 15) is 4.79 Å². The molecule has 3 heteroatoms. The van der Waals surface area contributed by atoms with Crippen molar-refractivity contribution in [3.63, 3.8) is 0 Å². The fourth-order valence-electron chi connectivity index (χ4n) is 3.48. The van der Waals surface area contributed by atoms with Crippen molar-refractivity contribution in [2.24, 2.45) is 0 Å². The molecule has 0 radical (unpaired) electrons. The van der Waals surface area contributed by atoms with E-state index in [0.717, 1.165) is 38.1 Å². The van der Waals surface area contributed by atoms with Crippen LogP contribution in [-0.4, -0.2) is 30.0 Å². The van der Waals surface area contributed by atoms with Gasteiger partial charge < -0.3 is 9.64 Å². The number of likely N-dealkylation sites (tertiary alicyclic amines) is 1. The summed E-state index contributed by atoms with van der Waals surface area (Å²) in [5.74, 6) is 0.916.